The molecule has 3 aromatic rings. The number of amides is 2. The lowest BCUT2D eigenvalue weighted by Gasteiger charge is -2.37. The van der Waals surface area contributed by atoms with Crippen LogP contribution in [0.4, 0.5) is 10.6 Å². The molecular weight excluding hydrogens is 342 g/mol. The summed E-state index contributed by atoms with van der Waals surface area (Å²) in [5.74, 6) is 1.56. The molecule has 0 atom stereocenters. The third-order valence-electron chi connectivity index (χ3n) is 4.76. The first-order valence-electron chi connectivity index (χ1n) is 9.10. The van der Waals surface area contributed by atoms with E-state index in [9.17, 15) is 4.79 Å². The number of carbonyl (C=O) groups excluding carboxylic acids is 1. The van der Waals surface area contributed by atoms with Crippen molar-refractivity contribution in [1.82, 2.24) is 29.6 Å². The maximum Gasteiger partial charge on any atom is 0.320 e. The monoisotopic (exact) mass is 365 g/mol. The Kier molecular flexibility index (Phi) is 4.62. The largest absolute Gasteiger partial charge is 0.352 e. The van der Waals surface area contributed by atoms with Gasteiger partial charge < -0.3 is 14.7 Å². The molecule has 2 amide bonds. The van der Waals surface area contributed by atoms with E-state index in [2.05, 4.69) is 20.1 Å². The fraction of sp³-hybridized carbons (Fsp3) is 0.368. The summed E-state index contributed by atoms with van der Waals surface area (Å²) in [6.45, 7) is 5.31. The van der Waals surface area contributed by atoms with E-state index in [-0.39, 0.29) is 6.03 Å². The molecule has 0 N–H and O–H groups in total. The molecular formula is C19H23N7O. The van der Waals surface area contributed by atoms with Gasteiger partial charge in [0.2, 0.25) is 0 Å². The van der Waals surface area contributed by atoms with Gasteiger partial charge in [0.25, 0.3) is 0 Å². The van der Waals surface area contributed by atoms with Gasteiger partial charge in [0.15, 0.2) is 11.5 Å². The van der Waals surface area contributed by atoms with Gasteiger partial charge in [-0.2, -0.15) is 0 Å². The highest BCUT2D eigenvalue weighted by Gasteiger charge is 2.24. The van der Waals surface area contributed by atoms with Crippen LogP contribution in [-0.4, -0.2) is 68.9 Å². The van der Waals surface area contributed by atoms with Gasteiger partial charge in [-0.3, -0.25) is 0 Å². The smallest absolute Gasteiger partial charge is 0.320 e. The standard InChI is InChI=1S/C19H23N7O/c1-15-20-17-8-9-18(22-26(17)21-15)24-10-12-25(13-11-24)19(27)23(2)14-16-6-4-3-5-7-16/h3-9H,10-14H2,1-2H3. The molecule has 0 spiro atoms. The minimum absolute atomic E-state index is 0.0637. The number of urea groups is 1. The van der Waals surface area contributed by atoms with Crippen molar-refractivity contribution in [2.75, 3.05) is 38.1 Å². The number of fused-ring (bicyclic) bond motifs is 1. The number of aromatic nitrogens is 4. The van der Waals surface area contributed by atoms with Gasteiger partial charge in [0, 0.05) is 39.8 Å². The Balaban J connectivity index is 1.36. The van der Waals surface area contributed by atoms with Crippen LogP contribution in [0.15, 0.2) is 42.5 Å². The second-order valence-electron chi connectivity index (χ2n) is 6.80. The lowest BCUT2D eigenvalue weighted by molar-refractivity contribution is 0.157. The fourth-order valence-corrected chi connectivity index (χ4v) is 3.34. The van der Waals surface area contributed by atoms with Crippen LogP contribution in [0.3, 0.4) is 0 Å². The molecule has 2 aromatic heterocycles. The number of hydrogen-bond acceptors (Lipinski definition) is 5. The second-order valence-corrected chi connectivity index (χ2v) is 6.80. The topological polar surface area (TPSA) is 69.9 Å². The Morgan fingerprint density at radius 3 is 2.52 bits per heavy atom. The zero-order valence-corrected chi connectivity index (χ0v) is 15.6. The van der Waals surface area contributed by atoms with Gasteiger partial charge in [0.05, 0.1) is 0 Å². The Morgan fingerprint density at radius 2 is 1.78 bits per heavy atom. The van der Waals surface area contributed by atoms with E-state index in [4.69, 9.17) is 0 Å². The number of rotatable bonds is 3. The minimum Gasteiger partial charge on any atom is -0.352 e. The number of benzene rings is 1. The van der Waals surface area contributed by atoms with E-state index in [1.54, 1.807) is 9.53 Å². The molecule has 0 saturated carbocycles. The highest BCUT2D eigenvalue weighted by Crippen LogP contribution is 2.15. The molecule has 0 aliphatic carbocycles. The van der Waals surface area contributed by atoms with Gasteiger partial charge in [-0.05, 0) is 24.6 Å². The van der Waals surface area contributed by atoms with Crippen molar-refractivity contribution in [3.8, 4) is 0 Å². The van der Waals surface area contributed by atoms with Crippen LogP contribution >= 0.6 is 0 Å². The Bertz CT molecular complexity index is 932. The third-order valence-corrected chi connectivity index (χ3v) is 4.76. The number of hydrogen-bond donors (Lipinski definition) is 0. The summed E-state index contributed by atoms with van der Waals surface area (Å²) in [6, 6.07) is 14.0. The number of nitrogens with zero attached hydrogens (tertiary/aromatic N) is 7. The Morgan fingerprint density at radius 1 is 1.04 bits per heavy atom. The predicted octanol–water partition coefficient (Wildman–Crippen LogP) is 1.81. The summed E-state index contributed by atoms with van der Waals surface area (Å²) in [6.07, 6.45) is 0. The van der Waals surface area contributed by atoms with Crippen LogP contribution in [0.25, 0.3) is 5.65 Å². The first-order valence-corrected chi connectivity index (χ1v) is 9.10. The highest BCUT2D eigenvalue weighted by molar-refractivity contribution is 5.74. The van der Waals surface area contributed by atoms with Gasteiger partial charge in [-0.25, -0.2) is 9.78 Å². The van der Waals surface area contributed by atoms with Gasteiger partial charge in [-0.1, -0.05) is 30.3 Å². The second kappa shape index (κ2) is 7.22. The van der Waals surface area contributed by atoms with Crippen LogP contribution in [0.5, 0.6) is 0 Å². The molecule has 1 aliphatic rings. The van der Waals surface area contributed by atoms with E-state index in [1.807, 2.05) is 61.3 Å². The maximum absolute atomic E-state index is 12.7. The third kappa shape index (κ3) is 3.69. The molecule has 3 heterocycles. The molecule has 1 fully saturated rings. The number of anilines is 1. The molecule has 1 aliphatic heterocycles. The van der Waals surface area contributed by atoms with Crippen LogP contribution in [0, 0.1) is 6.92 Å². The van der Waals surface area contributed by atoms with E-state index in [0.717, 1.165) is 30.1 Å². The summed E-state index contributed by atoms with van der Waals surface area (Å²) in [5.41, 5.74) is 1.88. The highest BCUT2D eigenvalue weighted by atomic mass is 16.2. The molecule has 4 rings (SSSR count). The average Bonchev–Trinajstić information content (AvgIpc) is 3.07. The van der Waals surface area contributed by atoms with Crippen LogP contribution in [0.2, 0.25) is 0 Å². The van der Waals surface area contributed by atoms with Gasteiger partial charge in [0.1, 0.15) is 5.82 Å². The summed E-state index contributed by atoms with van der Waals surface area (Å²) in [7, 11) is 1.85. The molecule has 8 heteroatoms. The maximum atomic E-state index is 12.7. The molecule has 1 saturated heterocycles. The van der Waals surface area contributed by atoms with Crippen LogP contribution in [0.1, 0.15) is 11.4 Å². The summed E-state index contributed by atoms with van der Waals surface area (Å²) >= 11 is 0. The van der Waals surface area contributed by atoms with Crippen molar-refractivity contribution in [3.05, 3.63) is 53.9 Å². The molecule has 0 unspecified atom stereocenters. The number of carbonyl (C=O) groups is 1. The fourth-order valence-electron chi connectivity index (χ4n) is 3.34. The van der Waals surface area contributed by atoms with Crippen LogP contribution < -0.4 is 4.90 Å². The van der Waals surface area contributed by atoms with Crippen molar-refractivity contribution < 1.29 is 4.79 Å². The predicted molar refractivity (Wildman–Crippen MR) is 103 cm³/mol. The zero-order chi connectivity index (χ0) is 18.8. The van der Waals surface area contributed by atoms with Crippen LogP contribution in [-0.2, 0) is 6.54 Å². The van der Waals surface area contributed by atoms with E-state index >= 15 is 0 Å². The molecule has 140 valence electrons. The van der Waals surface area contributed by atoms with Gasteiger partial charge >= 0.3 is 6.03 Å². The summed E-state index contributed by atoms with van der Waals surface area (Å²) in [4.78, 5) is 22.9. The SMILES string of the molecule is Cc1nc2ccc(N3CCN(C(=O)N(C)Cc4ccccc4)CC3)nn2n1. The van der Waals surface area contributed by atoms with Crippen molar-refractivity contribution in [3.63, 3.8) is 0 Å². The molecule has 0 bridgehead atoms. The Labute approximate surface area is 158 Å². The summed E-state index contributed by atoms with van der Waals surface area (Å²) in [5, 5.41) is 8.81. The zero-order valence-electron chi connectivity index (χ0n) is 15.6. The number of aryl methyl sites for hydroxylation is 1. The summed E-state index contributed by atoms with van der Waals surface area (Å²) < 4.78 is 1.57. The van der Waals surface area contributed by atoms with Crippen molar-refractivity contribution >= 4 is 17.5 Å². The number of piperazine rings is 1. The molecule has 8 nitrogen and oxygen atoms in total. The Hall–Kier alpha value is -3.16. The normalized spacial score (nSPS) is 14.6. The van der Waals surface area contributed by atoms with Crippen molar-refractivity contribution in [2.24, 2.45) is 0 Å². The van der Waals surface area contributed by atoms with Gasteiger partial charge in [-0.15, -0.1) is 14.8 Å². The van der Waals surface area contributed by atoms with Crippen molar-refractivity contribution in [2.45, 2.75) is 13.5 Å². The average molecular weight is 365 g/mol. The molecule has 0 radical (unpaired) electrons. The van der Waals surface area contributed by atoms with E-state index in [0.29, 0.717) is 25.5 Å². The van der Waals surface area contributed by atoms with Crippen molar-refractivity contribution in [1.29, 1.82) is 0 Å². The molecule has 27 heavy (non-hydrogen) atoms. The minimum atomic E-state index is 0.0637. The quantitative estimate of drug-likeness (QED) is 0.708. The lowest BCUT2D eigenvalue weighted by Crippen LogP contribution is -2.52. The van der Waals surface area contributed by atoms with E-state index < -0.39 is 0 Å². The lowest BCUT2D eigenvalue weighted by atomic mass is 10.2. The molecule has 1 aromatic carbocycles. The van der Waals surface area contributed by atoms with E-state index in [1.165, 1.54) is 0 Å². The first-order chi connectivity index (χ1) is 13.1. The first kappa shape index (κ1) is 17.3.